The van der Waals surface area contributed by atoms with Crippen LogP contribution in [0.4, 0.5) is 0 Å². The van der Waals surface area contributed by atoms with Gasteiger partial charge in [-0.25, -0.2) is 4.98 Å². The number of H-pyrrole nitrogens is 1. The molecule has 0 atom stereocenters. The van der Waals surface area contributed by atoms with Gasteiger partial charge in [0.25, 0.3) is 5.56 Å². The van der Waals surface area contributed by atoms with E-state index in [2.05, 4.69) is 9.97 Å². The molecule has 158 valence electrons. The van der Waals surface area contributed by atoms with Gasteiger partial charge >= 0.3 is 0 Å². The van der Waals surface area contributed by atoms with Crippen molar-refractivity contribution in [1.82, 2.24) is 14.9 Å². The van der Waals surface area contributed by atoms with Crippen molar-refractivity contribution in [3.8, 4) is 17.2 Å². The predicted molar refractivity (Wildman–Crippen MR) is 113 cm³/mol. The molecule has 8 nitrogen and oxygen atoms in total. The van der Waals surface area contributed by atoms with Crippen molar-refractivity contribution in [1.29, 1.82) is 0 Å². The highest BCUT2D eigenvalue weighted by Crippen LogP contribution is 2.40. The van der Waals surface area contributed by atoms with Gasteiger partial charge < -0.3 is 24.1 Å². The fourth-order valence-corrected chi connectivity index (χ4v) is 3.34. The SMILES string of the molecule is CCN(Cc1nc2ccccc2c(=O)[nH]1)C(=O)Cc1ccc(OC)c(OC)c1OC. The van der Waals surface area contributed by atoms with Crippen molar-refractivity contribution in [3.05, 3.63) is 58.1 Å². The number of nitrogens with zero attached hydrogens (tertiary/aromatic N) is 2. The first-order chi connectivity index (χ1) is 14.5. The molecule has 1 amide bonds. The molecule has 8 heteroatoms. The summed E-state index contributed by atoms with van der Waals surface area (Å²) < 4.78 is 16.2. The Morgan fingerprint density at radius 2 is 1.77 bits per heavy atom. The lowest BCUT2D eigenvalue weighted by atomic mass is 10.1. The Morgan fingerprint density at radius 3 is 2.43 bits per heavy atom. The zero-order valence-corrected chi connectivity index (χ0v) is 17.5. The van der Waals surface area contributed by atoms with Gasteiger partial charge in [0, 0.05) is 12.1 Å². The van der Waals surface area contributed by atoms with E-state index in [4.69, 9.17) is 14.2 Å². The average molecular weight is 411 g/mol. The summed E-state index contributed by atoms with van der Waals surface area (Å²) in [6.45, 7) is 2.54. The molecule has 1 N–H and O–H groups in total. The van der Waals surface area contributed by atoms with Crippen molar-refractivity contribution in [2.45, 2.75) is 19.9 Å². The van der Waals surface area contributed by atoms with Gasteiger partial charge in [-0.1, -0.05) is 18.2 Å². The molecular formula is C22H25N3O5. The number of likely N-dealkylation sites (N-methyl/N-ethyl adjacent to an activating group) is 1. The van der Waals surface area contributed by atoms with Gasteiger partial charge in [0.05, 0.1) is 45.2 Å². The lowest BCUT2D eigenvalue weighted by Crippen LogP contribution is -2.33. The van der Waals surface area contributed by atoms with Crippen LogP contribution in [0.2, 0.25) is 0 Å². The molecule has 0 aliphatic carbocycles. The zero-order valence-electron chi connectivity index (χ0n) is 17.5. The normalized spacial score (nSPS) is 10.7. The third-order valence-corrected chi connectivity index (χ3v) is 4.86. The van der Waals surface area contributed by atoms with Crippen molar-refractivity contribution in [3.63, 3.8) is 0 Å². The minimum absolute atomic E-state index is 0.106. The van der Waals surface area contributed by atoms with Crippen LogP contribution in [0, 0.1) is 0 Å². The smallest absolute Gasteiger partial charge is 0.258 e. The van der Waals surface area contributed by atoms with Gasteiger partial charge in [0.15, 0.2) is 11.5 Å². The minimum Gasteiger partial charge on any atom is -0.493 e. The van der Waals surface area contributed by atoms with Crippen LogP contribution in [0.1, 0.15) is 18.3 Å². The summed E-state index contributed by atoms with van der Waals surface area (Å²) in [6, 6.07) is 10.6. The Balaban J connectivity index is 1.85. The number of carbonyl (C=O) groups excluding carboxylic acids is 1. The van der Waals surface area contributed by atoms with E-state index in [-0.39, 0.29) is 24.4 Å². The van der Waals surface area contributed by atoms with E-state index < -0.39 is 0 Å². The highest BCUT2D eigenvalue weighted by atomic mass is 16.5. The Kier molecular flexibility index (Phi) is 6.56. The number of para-hydroxylation sites is 1. The Labute approximate surface area is 174 Å². The molecular weight excluding hydrogens is 386 g/mol. The summed E-state index contributed by atoms with van der Waals surface area (Å²) in [5.74, 6) is 1.73. The van der Waals surface area contributed by atoms with Crippen LogP contribution in [0.5, 0.6) is 17.2 Å². The molecule has 0 aliphatic heterocycles. The van der Waals surface area contributed by atoms with E-state index in [1.54, 1.807) is 35.2 Å². The van der Waals surface area contributed by atoms with Crippen LogP contribution in [0.15, 0.2) is 41.2 Å². The predicted octanol–water partition coefficient (Wildman–Crippen LogP) is 2.54. The van der Waals surface area contributed by atoms with Gasteiger partial charge in [-0.15, -0.1) is 0 Å². The quantitative estimate of drug-likeness (QED) is 0.612. The molecule has 3 rings (SSSR count). The summed E-state index contributed by atoms with van der Waals surface area (Å²) in [5, 5.41) is 0.519. The number of benzene rings is 2. The van der Waals surface area contributed by atoms with Crippen molar-refractivity contribution in [2.75, 3.05) is 27.9 Å². The summed E-state index contributed by atoms with van der Waals surface area (Å²) in [5.41, 5.74) is 1.06. The second-order valence-electron chi connectivity index (χ2n) is 6.61. The first-order valence-corrected chi connectivity index (χ1v) is 9.55. The van der Waals surface area contributed by atoms with E-state index in [9.17, 15) is 9.59 Å². The molecule has 0 bridgehead atoms. The molecule has 30 heavy (non-hydrogen) atoms. The number of aromatic amines is 1. The highest BCUT2D eigenvalue weighted by Gasteiger charge is 2.21. The van der Waals surface area contributed by atoms with Crippen LogP contribution in [-0.2, 0) is 17.8 Å². The molecule has 0 unspecified atom stereocenters. The monoisotopic (exact) mass is 411 g/mol. The fraction of sp³-hybridized carbons (Fsp3) is 0.318. The standard InChI is InChI=1S/C22H25N3O5/c1-5-25(13-18-23-16-9-7-6-8-15(16)22(27)24-18)19(26)12-14-10-11-17(28-2)21(30-4)20(14)29-3/h6-11H,5,12-13H2,1-4H3,(H,23,24,27). The van der Waals surface area contributed by atoms with Crippen LogP contribution < -0.4 is 19.8 Å². The van der Waals surface area contributed by atoms with Crippen LogP contribution in [-0.4, -0.2) is 48.6 Å². The van der Waals surface area contributed by atoms with E-state index >= 15 is 0 Å². The average Bonchev–Trinajstić information content (AvgIpc) is 2.76. The fourth-order valence-electron chi connectivity index (χ4n) is 3.34. The lowest BCUT2D eigenvalue weighted by molar-refractivity contribution is -0.131. The van der Waals surface area contributed by atoms with Crippen molar-refractivity contribution in [2.24, 2.45) is 0 Å². The number of ether oxygens (including phenoxy) is 3. The molecule has 0 spiro atoms. The van der Waals surface area contributed by atoms with Crippen molar-refractivity contribution < 1.29 is 19.0 Å². The van der Waals surface area contributed by atoms with E-state index in [1.165, 1.54) is 21.3 Å². The molecule has 0 saturated heterocycles. The Bertz CT molecular complexity index is 1110. The molecule has 1 heterocycles. The second kappa shape index (κ2) is 9.30. The van der Waals surface area contributed by atoms with Gasteiger partial charge in [-0.2, -0.15) is 0 Å². The number of carbonyl (C=O) groups is 1. The first-order valence-electron chi connectivity index (χ1n) is 9.55. The summed E-state index contributed by atoms with van der Waals surface area (Å²) in [7, 11) is 4.58. The number of nitrogens with one attached hydrogen (secondary N) is 1. The molecule has 0 aliphatic rings. The lowest BCUT2D eigenvalue weighted by Gasteiger charge is -2.22. The van der Waals surface area contributed by atoms with E-state index in [0.29, 0.717) is 46.1 Å². The van der Waals surface area contributed by atoms with Crippen LogP contribution in [0.3, 0.4) is 0 Å². The minimum atomic E-state index is -0.222. The van der Waals surface area contributed by atoms with E-state index in [0.717, 1.165) is 0 Å². The van der Waals surface area contributed by atoms with Gasteiger partial charge in [-0.05, 0) is 25.1 Å². The molecule has 0 fully saturated rings. The Morgan fingerprint density at radius 1 is 1.03 bits per heavy atom. The summed E-state index contributed by atoms with van der Waals surface area (Å²) in [6.07, 6.45) is 0.106. The Hall–Kier alpha value is -3.55. The maximum absolute atomic E-state index is 13.0. The van der Waals surface area contributed by atoms with Gasteiger partial charge in [0.1, 0.15) is 5.82 Å². The zero-order chi connectivity index (χ0) is 21.7. The number of aromatic nitrogens is 2. The summed E-state index contributed by atoms with van der Waals surface area (Å²) >= 11 is 0. The topological polar surface area (TPSA) is 93.8 Å². The number of hydrogen-bond acceptors (Lipinski definition) is 6. The molecule has 1 aromatic heterocycles. The number of hydrogen-bond donors (Lipinski definition) is 1. The third kappa shape index (κ3) is 4.22. The van der Waals surface area contributed by atoms with Crippen LogP contribution in [0.25, 0.3) is 10.9 Å². The van der Waals surface area contributed by atoms with E-state index in [1.807, 2.05) is 13.0 Å². The number of methoxy groups -OCH3 is 3. The van der Waals surface area contributed by atoms with Gasteiger partial charge in [-0.3, -0.25) is 9.59 Å². The highest BCUT2D eigenvalue weighted by molar-refractivity contribution is 5.80. The second-order valence-corrected chi connectivity index (χ2v) is 6.61. The molecule has 2 aromatic carbocycles. The molecule has 0 radical (unpaired) electrons. The van der Waals surface area contributed by atoms with Crippen LogP contribution >= 0.6 is 0 Å². The van der Waals surface area contributed by atoms with Gasteiger partial charge in [0.2, 0.25) is 11.7 Å². The summed E-state index contributed by atoms with van der Waals surface area (Å²) in [4.78, 5) is 34.2. The number of rotatable bonds is 8. The number of fused-ring (bicyclic) bond motifs is 1. The maximum atomic E-state index is 13.0. The number of amides is 1. The molecule has 3 aromatic rings. The largest absolute Gasteiger partial charge is 0.493 e. The third-order valence-electron chi connectivity index (χ3n) is 4.86. The maximum Gasteiger partial charge on any atom is 0.258 e. The first kappa shape index (κ1) is 21.2. The molecule has 0 saturated carbocycles. The van der Waals surface area contributed by atoms with Crippen molar-refractivity contribution >= 4 is 16.8 Å².